The fourth-order valence-corrected chi connectivity index (χ4v) is 10.0. The molecule has 390 valence electrons. The van der Waals surface area contributed by atoms with Gasteiger partial charge in [-0.1, -0.05) is 80.4 Å². The Bertz CT molecular complexity index is 4510. The molecule has 10 aromatic heterocycles. The van der Waals surface area contributed by atoms with Gasteiger partial charge in [0.05, 0.1) is 101 Å². The van der Waals surface area contributed by atoms with E-state index in [1.165, 1.54) is 0 Å². The van der Waals surface area contributed by atoms with Gasteiger partial charge in [-0.2, -0.15) is 0 Å². The SMILES string of the molecule is Brc1ccc2nc3c4cccnc4c4ncccc4c3nc2c1.Brc1ccc2nc3c4cccnc4c4ncccc4c3nc2c1.O.OCCO.[Ru].c1cnc2c(c1)ccc1cccnc12.c1cnc2c(c1)ccc1cccnc12. The predicted octanol–water partition coefficient (Wildman–Crippen LogP) is 13.0. The maximum Gasteiger partial charge on any atom is 0.0996 e. The van der Waals surface area contributed by atoms with E-state index in [-0.39, 0.29) is 38.2 Å². The third-order valence-corrected chi connectivity index (χ3v) is 13.7. The molecule has 0 unspecified atom stereocenters. The van der Waals surface area contributed by atoms with E-state index in [0.29, 0.717) is 0 Å². The molecule has 10 heterocycles. The molecule has 0 fully saturated rings. The summed E-state index contributed by atoms with van der Waals surface area (Å²) in [5, 5.41) is 23.7. The van der Waals surface area contributed by atoms with Gasteiger partial charge in [0.1, 0.15) is 0 Å². The van der Waals surface area contributed by atoms with Crippen LogP contribution in [0.5, 0.6) is 0 Å². The van der Waals surface area contributed by atoms with E-state index < -0.39 is 0 Å². The van der Waals surface area contributed by atoms with Crippen LogP contribution in [0.2, 0.25) is 0 Å². The summed E-state index contributed by atoms with van der Waals surface area (Å²) in [5.74, 6) is 0. The van der Waals surface area contributed by atoms with Crippen LogP contribution in [0.4, 0.5) is 0 Å². The number of aliphatic hydroxyl groups excluding tert-OH is 2. The average molecular weight is 1260 g/mol. The fourth-order valence-electron chi connectivity index (χ4n) is 9.31. The number of hydrogen-bond acceptors (Lipinski definition) is 14. The second kappa shape index (κ2) is 24.5. The molecule has 0 radical (unpaired) electrons. The van der Waals surface area contributed by atoms with E-state index in [4.69, 9.17) is 30.1 Å². The number of benzene rings is 6. The first kappa shape index (κ1) is 54.6. The molecule has 0 bridgehead atoms. The number of pyridine rings is 8. The number of hydrogen-bond donors (Lipinski definition) is 2. The van der Waals surface area contributed by atoms with Gasteiger partial charge < -0.3 is 15.7 Å². The largest absolute Gasteiger partial charge is 0.412 e. The van der Waals surface area contributed by atoms with Crippen LogP contribution >= 0.6 is 31.9 Å². The summed E-state index contributed by atoms with van der Waals surface area (Å²) >= 11 is 6.99. The molecule has 18 heteroatoms. The molecule has 80 heavy (non-hydrogen) atoms. The van der Waals surface area contributed by atoms with Gasteiger partial charge in [0.25, 0.3) is 0 Å². The van der Waals surface area contributed by atoms with Crippen LogP contribution in [0.3, 0.4) is 0 Å². The molecule has 0 aliphatic carbocycles. The van der Waals surface area contributed by atoms with Crippen molar-refractivity contribution in [1.29, 1.82) is 0 Å². The number of aromatic nitrogens is 12. The Morgan fingerprint density at radius 2 is 0.512 bits per heavy atom. The van der Waals surface area contributed by atoms with Crippen molar-refractivity contribution in [1.82, 2.24) is 59.8 Å². The zero-order valence-electron chi connectivity index (χ0n) is 41.9. The first-order valence-electron chi connectivity index (χ1n) is 24.6. The van der Waals surface area contributed by atoms with Crippen LogP contribution in [-0.4, -0.2) is 88.7 Å². The van der Waals surface area contributed by atoms with Gasteiger partial charge in [-0.15, -0.1) is 0 Å². The van der Waals surface area contributed by atoms with Crippen molar-refractivity contribution in [3.8, 4) is 0 Å². The van der Waals surface area contributed by atoms with Gasteiger partial charge in [-0.05, 0) is 109 Å². The summed E-state index contributed by atoms with van der Waals surface area (Å²) in [6, 6.07) is 51.9. The number of aliphatic hydroxyl groups is 2. The van der Waals surface area contributed by atoms with Crippen LogP contribution in [-0.2, 0) is 19.5 Å². The molecule has 0 amide bonds. The minimum atomic E-state index is -0.125. The molecule has 0 saturated carbocycles. The molecule has 16 rings (SSSR count). The Labute approximate surface area is 484 Å². The second-order valence-corrected chi connectivity index (χ2v) is 19.4. The number of rotatable bonds is 1. The summed E-state index contributed by atoms with van der Waals surface area (Å²) in [7, 11) is 0. The van der Waals surface area contributed by atoms with E-state index in [0.717, 1.165) is 140 Å². The first-order valence-corrected chi connectivity index (χ1v) is 26.2. The quantitative estimate of drug-likeness (QED) is 0.0886. The van der Waals surface area contributed by atoms with Crippen molar-refractivity contribution in [2.24, 2.45) is 0 Å². The molecule has 0 saturated heterocycles. The Balaban J connectivity index is 0.000000119. The third kappa shape index (κ3) is 10.9. The summed E-state index contributed by atoms with van der Waals surface area (Å²) in [4.78, 5) is 54.9. The summed E-state index contributed by atoms with van der Waals surface area (Å²) < 4.78 is 1.98. The molecule has 0 spiro atoms. The molecule has 6 aromatic carbocycles. The van der Waals surface area contributed by atoms with Gasteiger partial charge in [0.2, 0.25) is 0 Å². The van der Waals surface area contributed by atoms with Gasteiger partial charge >= 0.3 is 0 Å². The van der Waals surface area contributed by atoms with Crippen molar-refractivity contribution < 1.29 is 35.2 Å². The average Bonchev–Trinajstić information content (AvgIpc) is 3.48. The van der Waals surface area contributed by atoms with Crippen molar-refractivity contribution in [3.05, 3.63) is 216 Å². The molecule has 0 aliphatic heterocycles. The van der Waals surface area contributed by atoms with Crippen LogP contribution in [0.1, 0.15) is 0 Å². The summed E-state index contributed by atoms with van der Waals surface area (Å²) in [5.41, 5.74) is 14.3. The molecule has 15 nitrogen and oxygen atoms in total. The van der Waals surface area contributed by atoms with Gasteiger partial charge in [-0.3, -0.25) is 39.9 Å². The van der Waals surface area contributed by atoms with Crippen molar-refractivity contribution in [3.63, 3.8) is 0 Å². The Morgan fingerprint density at radius 3 is 0.775 bits per heavy atom. The fraction of sp³-hybridized carbons (Fsp3) is 0.0323. The maximum absolute atomic E-state index is 7.62. The zero-order chi connectivity index (χ0) is 53.0. The Morgan fingerprint density at radius 1 is 0.275 bits per heavy atom. The molecule has 0 atom stereocenters. The molecule has 0 aliphatic rings. The monoisotopic (exact) mass is 1260 g/mol. The number of fused-ring (bicyclic) bond motifs is 20. The van der Waals surface area contributed by atoms with Gasteiger partial charge in [0.15, 0.2) is 0 Å². The molecular formula is C62H42Br2N12O3Ru. The van der Waals surface area contributed by atoms with E-state index in [2.05, 4.69) is 120 Å². The zero-order valence-corrected chi connectivity index (χ0v) is 46.8. The third-order valence-electron chi connectivity index (χ3n) is 12.7. The summed E-state index contributed by atoms with van der Waals surface area (Å²) in [6.07, 6.45) is 14.3. The van der Waals surface area contributed by atoms with Gasteiger partial charge in [-0.25, -0.2) is 19.9 Å². The van der Waals surface area contributed by atoms with Crippen LogP contribution in [0, 0.1) is 0 Å². The Hall–Kier alpha value is -8.74. The van der Waals surface area contributed by atoms with E-state index in [9.17, 15) is 0 Å². The Kier molecular flexibility index (Phi) is 16.7. The predicted molar refractivity (Wildman–Crippen MR) is 323 cm³/mol. The maximum atomic E-state index is 7.62. The standard InChI is InChI=1S/2C18H9BrN4.2C12H8N2.C2H6O2.H2O.Ru/c2*19-10-5-6-13-14(9-10)23-18-12-4-2-8-21-16(12)15-11(17(18)22-13)3-1-7-20-15;2*1-3-9-5-6-10-4-2-8-14-12(10)11(9)13-7-1;3-1-2-4;;/h2*1-9H;2*1-8H;3-4H,1-2H2;1H2;. The van der Waals surface area contributed by atoms with Crippen molar-refractivity contribution in [2.45, 2.75) is 0 Å². The van der Waals surface area contributed by atoms with Crippen LogP contribution in [0.25, 0.3) is 131 Å². The normalized spacial score (nSPS) is 10.9. The second-order valence-electron chi connectivity index (χ2n) is 17.6. The van der Waals surface area contributed by atoms with Crippen LogP contribution < -0.4 is 0 Å². The minimum Gasteiger partial charge on any atom is -0.412 e. The van der Waals surface area contributed by atoms with Gasteiger partial charge in [0, 0.05) is 121 Å². The topological polar surface area (TPSA) is 227 Å². The van der Waals surface area contributed by atoms with Crippen LogP contribution in [0.15, 0.2) is 216 Å². The minimum absolute atomic E-state index is 0. The summed E-state index contributed by atoms with van der Waals surface area (Å²) in [6.45, 7) is -0.250. The van der Waals surface area contributed by atoms with E-state index in [1.807, 2.05) is 109 Å². The van der Waals surface area contributed by atoms with Crippen molar-refractivity contribution >= 4 is 163 Å². The van der Waals surface area contributed by atoms with Crippen molar-refractivity contribution in [2.75, 3.05) is 13.2 Å². The molecule has 16 aromatic rings. The molecule has 4 N–H and O–H groups in total. The van der Waals surface area contributed by atoms with E-state index >= 15 is 0 Å². The van der Waals surface area contributed by atoms with E-state index in [1.54, 1.807) is 49.6 Å². The first-order chi connectivity index (χ1) is 38.4. The molecular weight excluding hydrogens is 1220 g/mol. The smallest absolute Gasteiger partial charge is 0.0996 e. The number of nitrogens with zero attached hydrogens (tertiary/aromatic N) is 12. The number of halogens is 2.